The van der Waals surface area contributed by atoms with Crippen molar-refractivity contribution in [2.75, 3.05) is 0 Å². The summed E-state index contributed by atoms with van der Waals surface area (Å²) in [7, 11) is 0. The van der Waals surface area contributed by atoms with Gasteiger partial charge in [0.05, 0.1) is 54.8 Å². The van der Waals surface area contributed by atoms with E-state index in [1.807, 2.05) is 106 Å². The first-order chi connectivity index (χ1) is 28.4. The van der Waals surface area contributed by atoms with Gasteiger partial charge in [0, 0.05) is 37.7 Å². The number of hydrogen-bond acceptors (Lipinski definition) is 3. The van der Waals surface area contributed by atoms with Crippen molar-refractivity contribution >= 4 is 115 Å². The van der Waals surface area contributed by atoms with Crippen molar-refractivity contribution in [1.29, 1.82) is 5.26 Å². The second-order valence-electron chi connectivity index (χ2n) is 14.8. The Morgan fingerprint density at radius 3 is 1.71 bits per heavy atom. The fourth-order valence-corrected chi connectivity index (χ4v) is 9.65. The molecule has 0 aliphatic heterocycles. The smallest absolute Gasteiger partial charge is 0.195 e. The Kier molecular flexibility index (Phi) is 5.80. The number of benzene rings is 8. The number of furan rings is 2. The van der Waals surface area contributed by atoms with E-state index in [4.69, 9.17) is 8.83 Å². The fraction of sp³-hybridized carbons (Fsp3) is 0. The van der Waals surface area contributed by atoms with Crippen molar-refractivity contribution in [2.45, 2.75) is 0 Å². The van der Waals surface area contributed by atoms with Gasteiger partial charge >= 0.3 is 0 Å². The molecule has 0 radical (unpaired) electrons. The zero-order valence-corrected chi connectivity index (χ0v) is 29.8. The van der Waals surface area contributed by atoms with E-state index in [2.05, 4.69) is 6.07 Å². The summed E-state index contributed by atoms with van der Waals surface area (Å²) in [6, 6.07) is 41.2. The standard InChI is InChI=1S/C49H21F4N3O2/c50-43-39-23-13-14-25-27-17-20-38-41(29-9-3-6-12-36(29)58-38)49(27)56(34(25)21-23)47-30(42(43)45(52)46(53)44(39)51)15-18-33(31(47)22-54)55-32-10-4-1-7-24(32)26-16-19-37-40(48(26)55)28-8-2-5-11-35(28)57-37/h1-21H. The van der Waals surface area contributed by atoms with Crippen molar-refractivity contribution in [3.05, 3.63) is 156 Å². The lowest BCUT2D eigenvalue weighted by atomic mass is 10.0. The van der Waals surface area contributed by atoms with Crippen LogP contribution in [0.25, 0.3) is 120 Å². The predicted molar refractivity (Wildman–Crippen MR) is 221 cm³/mol. The normalized spacial score (nSPS) is 12.5. The molecule has 0 saturated carbocycles. The lowest BCUT2D eigenvalue weighted by Crippen LogP contribution is -2.02. The van der Waals surface area contributed by atoms with Crippen LogP contribution in [-0.4, -0.2) is 8.97 Å². The maximum absolute atomic E-state index is 17.0. The van der Waals surface area contributed by atoms with Crippen molar-refractivity contribution in [3.8, 4) is 11.8 Å². The fourth-order valence-electron chi connectivity index (χ4n) is 9.65. The third kappa shape index (κ3) is 3.66. The Bertz CT molecular complexity index is 4110. The summed E-state index contributed by atoms with van der Waals surface area (Å²) in [6.45, 7) is 0. The number of fused-ring (bicyclic) bond motifs is 21. The van der Waals surface area contributed by atoms with Gasteiger partial charge in [-0.25, -0.2) is 17.6 Å². The molecule has 5 heterocycles. The highest BCUT2D eigenvalue weighted by Gasteiger charge is 2.28. The van der Waals surface area contributed by atoms with Gasteiger partial charge in [0.2, 0.25) is 0 Å². The molecule has 0 aliphatic rings. The first kappa shape index (κ1) is 31.4. The molecule has 9 heteroatoms. The van der Waals surface area contributed by atoms with E-state index in [1.54, 1.807) is 18.2 Å². The number of hydrogen-bond donors (Lipinski definition) is 0. The molecular weight excluding hydrogens is 739 g/mol. The first-order valence-electron chi connectivity index (χ1n) is 18.6. The molecule has 8 aromatic carbocycles. The molecule has 0 spiro atoms. The summed E-state index contributed by atoms with van der Waals surface area (Å²) in [5, 5.41) is 16.4. The molecule has 272 valence electrons. The average molecular weight is 760 g/mol. The maximum atomic E-state index is 17.0. The molecule has 0 saturated heterocycles. The zero-order chi connectivity index (χ0) is 38.7. The van der Waals surface area contributed by atoms with E-state index in [0.717, 1.165) is 43.4 Å². The minimum Gasteiger partial charge on any atom is -0.456 e. The summed E-state index contributed by atoms with van der Waals surface area (Å²) in [5.41, 5.74) is 5.68. The molecule has 0 N–H and O–H groups in total. The molecule has 4 bridgehead atoms. The van der Waals surface area contributed by atoms with Crippen molar-refractivity contribution in [3.63, 3.8) is 0 Å². The number of halogens is 4. The number of aromatic nitrogens is 2. The van der Waals surface area contributed by atoms with Crippen LogP contribution in [0.1, 0.15) is 5.56 Å². The van der Waals surface area contributed by atoms with E-state index in [-0.39, 0.29) is 21.9 Å². The molecule has 0 atom stereocenters. The summed E-state index contributed by atoms with van der Waals surface area (Å²) in [5.74, 6) is -6.41. The third-order valence-electron chi connectivity index (χ3n) is 12.0. The van der Waals surface area contributed by atoms with Crippen LogP contribution in [0, 0.1) is 34.6 Å². The van der Waals surface area contributed by atoms with Gasteiger partial charge in [0.15, 0.2) is 17.5 Å². The monoisotopic (exact) mass is 759 g/mol. The maximum Gasteiger partial charge on any atom is 0.195 e. The second kappa shape index (κ2) is 10.7. The average Bonchev–Trinajstić information content (AvgIpc) is 4.00. The molecule has 0 fully saturated rings. The number of nitriles is 1. The Balaban J connectivity index is 1.37. The highest BCUT2D eigenvalue weighted by Crippen LogP contribution is 2.46. The van der Waals surface area contributed by atoms with Gasteiger partial charge in [-0.05, 0) is 66.0 Å². The minimum atomic E-state index is -1.81. The van der Waals surface area contributed by atoms with Crippen LogP contribution < -0.4 is 0 Å². The highest BCUT2D eigenvalue weighted by molar-refractivity contribution is 6.27. The summed E-state index contributed by atoms with van der Waals surface area (Å²) >= 11 is 0. The van der Waals surface area contributed by atoms with Gasteiger partial charge in [0.25, 0.3) is 0 Å². The molecule has 13 rings (SSSR count). The van der Waals surface area contributed by atoms with Crippen LogP contribution in [0.5, 0.6) is 0 Å². The molecule has 0 unspecified atom stereocenters. The van der Waals surface area contributed by atoms with E-state index >= 15 is 17.6 Å². The van der Waals surface area contributed by atoms with Crippen molar-refractivity contribution in [1.82, 2.24) is 8.97 Å². The highest BCUT2D eigenvalue weighted by atomic mass is 19.2. The lowest BCUT2D eigenvalue weighted by Gasteiger charge is -2.14. The Morgan fingerprint density at radius 2 is 1.00 bits per heavy atom. The SMILES string of the molecule is N#Cc1c(-n2c3ccccc3c3ccc4oc5ccccc5c4c32)ccc2c3c(F)c(F)c(F)c(c3F)c3ccc4c5ccc6oc7ccccc7c6c5n(c4c3)c12. The molecule has 58 heavy (non-hydrogen) atoms. The van der Waals surface area contributed by atoms with Gasteiger partial charge in [0.1, 0.15) is 39.8 Å². The predicted octanol–water partition coefficient (Wildman–Crippen LogP) is 13.9. The molecule has 5 nitrogen and oxygen atoms in total. The Labute approximate surface area is 322 Å². The first-order valence-corrected chi connectivity index (χ1v) is 18.6. The van der Waals surface area contributed by atoms with Gasteiger partial charge in [-0.15, -0.1) is 0 Å². The van der Waals surface area contributed by atoms with E-state index < -0.39 is 34.0 Å². The van der Waals surface area contributed by atoms with Gasteiger partial charge in [-0.3, -0.25) is 0 Å². The largest absolute Gasteiger partial charge is 0.456 e. The van der Waals surface area contributed by atoms with Crippen LogP contribution in [0.2, 0.25) is 0 Å². The Hall–Kier alpha value is -7.83. The number of rotatable bonds is 1. The van der Waals surface area contributed by atoms with Gasteiger partial charge < -0.3 is 17.8 Å². The summed E-state index contributed by atoms with van der Waals surface area (Å²) < 4.78 is 81.6. The topological polar surface area (TPSA) is 59.4 Å². The van der Waals surface area contributed by atoms with Crippen LogP contribution in [-0.2, 0) is 0 Å². The molecule has 0 aliphatic carbocycles. The van der Waals surface area contributed by atoms with Gasteiger partial charge in [-0.1, -0.05) is 66.7 Å². The lowest BCUT2D eigenvalue weighted by molar-refractivity contribution is 0.451. The number of para-hydroxylation sites is 3. The zero-order valence-electron chi connectivity index (χ0n) is 29.8. The minimum absolute atomic E-state index is 0.0168. The van der Waals surface area contributed by atoms with Crippen molar-refractivity contribution < 1.29 is 26.4 Å². The van der Waals surface area contributed by atoms with Crippen LogP contribution in [0.15, 0.2) is 136 Å². The van der Waals surface area contributed by atoms with Crippen LogP contribution >= 0.6 is 0 Å². The third-order valence-corrected chi connectivity index (χ3v) is 12.0. The van der Waals surface area contributed by atoms with Crippen LogP contribution in [0.4, 0.5) is 17.6 Å². The van der Waals surface area contributed by atoms with Gasteiger partial charge in [-0.2, -0.15) is 5.26 Å². The summed E-state index contributed by atoms with van der Waals surface area (Å²) in [6.07, 6.45) is 0. The van der Waals surface area contributed by atoms with E-state index in [0.29, 0.717) is 49.8 Å². The second-order valence-corrected chi connectivity index (χ2v) is 14.8. The Morgan fingerprint density at radius 1 is 0.431 bits per heavy atom. The quantitative estimate of drug-likeness (QED) is 0.0951. The van der Waals surface area contributed by atoms with Crippen molar-refractivity contribution in [2.24, 2.45) is 0 Å². The summed E-state index contributed by atoms with van der Waals surface area (Å²) in [4.78, 5) is 0. The molecule has 13 aromatic rings. The number of nitrogens with zero attached hydrogens (tertiary/aromatic N) is 3. The van der Waals surface area contributed by atoms with E-state index in [1.165, 1.54) is 12.1 Å². The molecule has 0 amide bonds. The van der Waals surface area contributed by atoms with Crippen LogP contribution in [0.3, 0.4) is 0 Å². The molecule has 5 aromatic heterocycles. The molecular formula is C49H21F4N3O2. The van der Waals surface area contributed by atoms with E-state index in [9.17, 15) is 5.26 Å².